The van der Waals surface area contributed by atoms with Gasteiger partial charge in [0, 0.05) is 6.54 Å². The van der Waals surface area contributed by atoms with Crippen molar-refractivity contribution in [3.8, 4) is 0 Å². The highest BCUT2D eigenvalue weighted by Gasteiger charge is 2.09. The van der Waals surface area contributed by atoms with Crippen molar-refractivity contribution in [2.24, 2.45) is 0 Å². The molecule has 0 fully saturated rings. The third-order valence-electron chi connectivity index (χ3n) is 2.69. The first-order valence-electron chi connectivity index (χ1n) is 6.30. The lowest BCUT2D eigenvalue weighted by molar-refractivity contribution is 0.0951. The number of hydrogen-bond donors (Lipinski definition) is 1. The van der Waals surface area contributed by atoms with Crippen molar-refractivity contribution in [2.45, 2.75) is 39.5 Å². The average Bonchev–Trinajstić information content (AvgIpc) is 2.36. The molecule has 4 nitrogen and oxygen atoms in total. The Kier molecular flexibility index (Phi) is 7.15. The molecule has 18 heavy (non-hydrogen) atoms. The normalized spacial score (nSPS) is 10.4. The van der Waals surface area contributed by atoms with E-state index in [-0.39, 0.29) is 5.91 Å². The summed E-state index contributed by atoms with van der Waals surface area (Å²) in [6.07, 6.45) is 4.73. The maximum Gasteiger partial charge on any atom is 0.253 e. The van der Waals surface area contributed by atoms with E-state index < -0.39 is 0 Å². The summed E-state index contributed by atoms with van der Waals surface area (Å²) in [7, 11) is 0. The topological polar surface area (TPSA) is 54.9 Å². The van der Waals surface area contributed by atoms with Crippen LogP contribution in [0.4, 0.5) is 0 Å². The van der Waals surface area contributed by atoms with E-state index in [0.717, 1.165) is 18.7 Å². The number of hydrogen-bond acceptors (Lipinski definition) is 3. The molecule has 0 atom stereocenters. The van der Waals surface area contributed by atoms with E-state index in [1.54, 1.807) is 6.07 Å². The second kappa shape index (κ2) is 8.39. The summed E-state index contributed by atoms with van der Waals surface area (Å²) in [5, 5.41) is 10.8. The summed E-state index contributed by atoms with van der Waals surface area (Å²) in [5.41, 5.74) is 2.09. The Morgan fingerprint density at radius 1 is 1.22 bits per heavy atom. The monoisotopic (exact) mass is 361 g/mol. The maximum atomic E-state index is 11.9. The quantitative estimate of drug-likeness (QED) is 0.462. The predicted octanol–water partition coefficient (Wildman–Crippen LogP) is 2.82. The molecule has 0 unspecified atom stereocenters. The first kappa shape index (κ1) is 15.3. The number of aryl methyl sites for hydroxylation is 2. The van der Waals surface area contributed by atoms with E-state index in [2.05, 4.69) is 38.1 Å². The van der Waals surface area contributed by atoms with Gasteiger partial charge in [-0.1, -0.05) is 35.4 Å². The number of halogens is 1. The van der Waals surface area contributed by atoms with Crippen LogP contribution in [0.2, 0.25) is 0 Å². The second-order valence-electron chi connectivity index (χ2n) is 4.34. The van der Waals surface area contributed by atoms with E-state index in [1.807, 2.05) is 13.8 Å². The summed E-state index contributed by atoms with van der Waals surface area (Å²) >= 11 is 2.39. The highest BCUT2D eigenvalue weighted by Crippen LogP contribution is 2.05. The Hall–Kier alpha value is -0.720. The lowest BCUT2D eigenvalue weighted by Crippen LogP contribution is -2.25. The Morgan fingerprint density at radius 3 is 2.67 bits per heavy atom. The number of rotatable bonds is 7. The van der Waals surface area contributed by atoms with Crippen LogP contribution in [-0.2, 0) is 0 Å². The molecular formula is C13H20IN3O. The minimum Gasteiger partial charge on any atom is -0.352 e. The SMILES string of the molecule is Cc1cc(C(=O)NCCCCCCI)c(C)nn1. The molecule has 1 aromatic rings. The van der Waals surface area contributed by atoms with Crippen molar-refractivity contribution in [3.63, 3.8) is 0 Å². The van der Waals surface area contributed by atoms with Crippen LogP contribution in [0.1, 0.15) is 47.4 Å². The number of amides is 1. The number of aromatic nitrogens is 2. The zero-order valence-electron chi connectivity index (χ0n) is 11.0. The van der Waals surface area contributed by atoms with Crippen molar-refractivity contribution in [2.75, 3.05) is 11.0 Å². The lowest BCUT2D eigenvalue weighted by Gasteiger charge is -2.07. The minimum atomic E-state index is -0.0422. The molecular weight excluding hydrogens is 341 g/mol. The van der Waals surface area contributed by atoms with Gasteiger partial charge in [-0.25, -0.2) is 0 Å². The minimum absolute atomic E-state index is 0.0422. The molecule has 100 valence electrons. The summed E-state index contributed by atoms with van der Waals surface area (Å²) < 4.78 is 1.21. The number of carbonyl (C=O) groups is 1. The molecule has 5 heteroatoms. The van der Waals surface area contributed by atoms with Gasteiger partial charge < -0.3 is 5.32 Å². The number of alkyl halides is 1. The van der Waals surface area contributed by atoms with Gasteiger partial charge in [-0.15, -0.1) is 0 Å². The van der Waals surface area contributed by atoms with E-state index >= 15 is 0 Å². The van der Waals surface area contributed by atoms with Crippen LogP contribution in [0.5, 0.6) is 0 Å². The molecule has 1 heterocycles. The summed E-state index contributed by atoms with van der Waals surface area (Å²) in [6, 6.07) is 1.79. The number of carbonyl (C=O) groups excluding carboxylic acids is 1. The molecule has 0 saturated heterocycles. The molecule has 0 saturated carbocycles. The smallest absolute Gasteiger partial charge is 0.253 e. The molecule has 0 spiro atoms. The number of unbranched alkanes of at least 4 members (excludes halogenated alkanes) is 3. The van der Waals surface area contributed by atoms with Gasteiger partial charge in [0.1, 0.15) is 0 Å². The molecule has 1 aromatic heterocycles. The first-order valence-corrected chi connectivity index (χ1v) is 7.83. The fourth-order valence-corrected chi connectivity index (χ4v) is 2.19. The van der Waals surface area contributed by atoms with Gasteiger partial charge in [-0.3, -0.25) is 4.79 Å². The zero-order chi connectivity index (χ0) is 13.4. The fourth-order valence-electron chi connectivity index (χ4n) is 1.65. The molecule has 1 amide bonds. The van der Waals surface area contributed by atoms with Gasteiger partial charge in [-0.2, -0.15) is 10.2 Å². The molecule has 0 aliphatic heterocycles. The van der Waals surface area contributed by atoms with Crippen LogP contribution in [0.15, 0.2) is 6.07 Å². The third kappa shape index (κ3) is 5.29. The largest absolute Gasteiger partial charge is 0.352 e. The van der Waals surface area contributed by atoms with Gasteiger partial charge in [0.25, 0.3) is 5.91 Å². The van der Waals surface area contributed by atoms with Crippen molar-refractivity contribution in [3.05, 3.63) is 23.0 Å². The molecule has 1 rings (SSSR count). The third-order valence-corrected chi connectivity index (χ3v) is 3.45. The van der Waals surface area contributed by atoms with Crippen LogP contribution in [0, 0.1) is 13.8 Å². The van der Waals surface area contributed by atoms with Crippen LogP contribution < -0.4 is 5.32 Å². The van der Waals surface area contributed by atoms with E-state index in [4.69, 9.17) is 0 Å². The molecule has 0 aliphatic carbocycles. The van der Waals surface area contributed by atoms with Gasteiger partial charge in [-0.05, 0) is 37.2 Å². The Labute approximate surface area is 122 Å². The van der Waals surface area contributed by atoms with Crippen LogP contribution >= 0.6 is 22.6 Å². The standard InChI is InChI=1S/C13H20IN3O/c1-10-9-12(11(2)17-16-10)13(18)15-8-6-4-3-5-7-14/h9H,3-8H2,1-2H3,(H,15,18). The van der Waals surface area contributed by atoms with Crippen molar-refractivity contribution < 1.29 is 4.79 Å². The molecule has 0 bridgehead atoms. The molecule has 1 N–H and O–H groups in total. The summed E-state index contributed by atoms with van der Waals surface area (Å²) in [5.74, 6) is -0.0422. The second-order valence-corrected chi connectivity index (χ2v) is 5.42. The van der Waals surface area contributed by atoms with Crippen LogP contribution in [0.25, 0.3) is 0 Å². The average molecular weight is 361 g/mol. The number of nitrogens with one attached hydrogen (secondary N) is 1. The van der Waals surface area contributed by atoms with Crippen molar-refractivity contribution >= 4 is 28.5 Å². The van der Waals surface area contributed by atoms with E-state index in [9.17, 15) is 4.79 Å². The lowest BCUT2D eigenvalue weighted by atomic mass is 10.1. The van der Waals surface area contributed by atoms with E-state index in [0.29, 0.717) is 11.3 Å². The first-order chi connectivity index (χ1) is 8.65. The number of nitrogens with zero attached hydrogens (tertiary/aromatic N) is 2. The fraction of sp³-hybridized carbons (Fsp3) is 0.615. The summed E-state index contributed by atoms with van der Waals surface area (Å²) in [6.45, 7) is 4.38. The highest BCUT2D eigenvalue weighted by atomic mass is 127. The predicted molar refractivity (Wildman–Crippen MR) is 81.2 cm³/mol. The van der Waals surface area contributed by atoms with Crippen LogP contribution in [-0.4, -0.2) is 27.1 Å². The van der Waals surface area contributed by atoms with Crippen LogP contribution in [0.3, 0.4) is 0 Å². The molecule has 0 radical (unpaired) electrons. The van der Waals surface area contributed by atoms with Crippen molar-refractivity contribution in [1.82, 2.24) is 15.5 Å². The van der Waals surface area contributed by atoms with Gasteiger partial charge >= 0.3 is 0 Å². The molecule has 0 aromatic carbocycles. The Bertz CT molecular complexity index is 396. The van der Waals surface area contributed by atoms with Gasteiger partial charge in [0.2, 0.25) is 0 Å². The highest BCUT2D eigenvalue weighted by molar-refractivity contribution is 14.1. The Balaban J connectivity index is 2.34. The maximum absolute atomic E-state index is 11.9. The summed E-state index contributed by atoms with van der Waals surface area (Å²) in [4.78, 5) is 11.9. The zero-order valence-corrected chi connectivity index (χ0v) is 13.2. The van der Waals surface area contributed by atoms with Gasteiger partial charge in [0.05, 0.1) is 17.0 Å². The molecule has 0 aliphatic rings. The Morgan fingerprint density at radius 2 is 1.94 bits per heavy atom. The van der Waals surface area contributed by atoms with Gasteiger partial charge in [0.15, 0.2) is 0 Å². The van der Waals surface area contributed by atoms with Crippen molar-refractivity contribution in [1.29, 1.82) is 0 Å². The van der Waals surface area contributed by atoms with E-state index in [1.165, 1.54) is 23.7 Å².